The zero-order chi connectivity index (χ0) is 19.3. The normalized spacial score (nSPS) is 11.0. The average Bonchev–Trinajstić information content (AvgIpc) is 2.88. The number of nitrogens with zero attached hydrogens (tertiary/aromatic N) is 1. The summed E-state index contributed by atoms with van der Waals surface area (Å²) in [5, 5.41) is 2.86. The van der Waals surface area contributed by atoms with Crippen LogP contribution in [-0.2, 0) is 26.0 Å². The first kappa shape index (κ1) is 19.9. The Bertz CT molecular complexity index is 904. The molecule has 0 saturated carbocycles. The largest absolute Gasteiger partial charge is 0.466 e. The molecule has 0 aliphatic rings. The van der Waals surface area contributed by atoms with Crippen LogP contribution in [0.2, 0.25) is 0 Å². The predicted molar refractivity (Wildman–Crippen MR) is 100 cm³/mol. The molecule has 26 heavy (non-hydrogen) atoms. The Kier molecular flexibility index (Phi) is 6.32. The Balaban J connectivity index is 2.04. The zero-order valence-electron chi connectivity index (χ0n) is 14.5. The number of hydrogen-bond acceptors (Lipinski definition) is 7. The predicted octanol–water partition coefficient (Wildman–Crippen LogP) is 2.18. The van der Waals surface area contributed by atoms with E-state index in [1.165, 1.54) is 0 Å². The van der Waals surface area contributed by atoms with Crippen molar-refractivity contribution in [3.63, 3.8) is 0 Å². The number of hydrogen-bond donors (Lipinski definition) is 2. The van der Waals surface area contributed by atoms with Gasteiger partial charge in [0.25, 0.3) is 5.91 Å². The van der Waals surface area contributed by atoms with Gasteiger partial charge in [-0.05, 0) is 31.5 Å². The first-order valence-corrected chi connectivity index (χ1v) is 10.4. The van der Waals surface area contributed by atoms with Gasteiger partial charge in [0.2, 0.25) is 10.0 Å². The lowest BCUT2D eigenvalue weighted by atomic mass is 10.1. The van der Waals surface area contributed by atoms with Gasteiger partial charge < -0.3 is 10.1 Å². The van der Waals surface area contributed by atoms with Crippen molar-refractivity contribution in [2.24, 2.45) is 0 Å². The molecule has 1 aromatic heterocycles. The minimum Gasteiger partial charge on any atom is -0.466 e. The van der Waals surface area contributed by atoms with E-state index in [2.05, 4.69) is 15.0 Å². The molecule has 8 nitrogen and oxygen atoms in total. The molecule has 0 fully saturated rings. The molecule has 1 amide bonds. The smallest absolute Gasteiger partial charge is 0.310 e. The number of esters is 1. The van der Waals surface area contributed by atoms with Crippen molar-refractivity contribution in [1.29, 1.82) is 0 Å². The SMILES string of the molecule is CCOC(=O)Cc1ccc(NC(=O)c2sc(NS(C)(=O)=O)nc2C)cc1. The summed E-state index contributed by atoms with van der Waals surface area (Å²) in [4.78, 5) is 28.2. The highest BCUT2D eigenvalue weighted by Crippen LogP contribution is 2.24. The number of benzene rings is 1. The Morgan fingerprint density at radius 1 is 1.23 bits per heavy atom. The number of thiazole rings is 1. The number of rotatable bonds is 7. The molecule has 0 saturated heterocycles. The minimum atomic E-state index is -3.46. The van der Waals surface area contributed by atoms with Gasteiger partial charge in [0.15, 0.2) is 5.13 Å². The maximum absolute atomic E-state index is 12.4. The van der Waals surface area contributed by atoms with Crippen LogP contribution in [-0.4, -0.2) is 38.1 Å². The van der Waals surface area contributed by atoms with Crippen molar-refractivity contribution < 1.29 is 22.7 Å². The molecule has 1 heterocycles. The molecule has 0 aliphatic carbocycles. The fraction of sp³-hybridized carbons (Fsp3) is 0.312. The molecule has 0 spiro atoms. The Labute approximate surface area is 155 Å². The van der Waals surface area contributed by atoms with E-state index in [9.17, 15) is 18.0 Å². The molecule has 140 valence electrons. The van der Waals surface area contributed by atoms with Gasteiger partial charge in [-0.3, -0.25) is 14.3 Å². The molecule has 0 atom stereocenters. The van der Waals surface area contributed by atoms with Gasteiger partial charge in [-0.15, -0.1) is 0 Å². The molecule has 10 heteroatoms. The van der Waals surface area contributed by atoms with Crippen LogP contribution in [0.25, 0.3) is 0 Å². The Morgan fingerprint density at radius 3 is 2.46 bits per heavy atom. The Hall–Kier alpha value is -2.46. The number of anilines is 2. The van der Waals surface area contributed by atoms with Gasteiger partial charge in [-0.2, -0.15) is 0 Å². The first-order chi connectivity index (χ1) is 12.2. The van der Waals surface area contributed by atoms with Crippen molar-refractivity contribution in [1.82, 2.24) is 4.98 Å². The minimum absolute atomic E-state index is 0.139. The van der Waals surface area contributed by atoms with E-state index in [-0.39, 0.29) is 23.4 Å². The lowest BCUT2D eigenvalue weighted by Crippen LogP contribution is -2.12. The molecule has 0 radical (unpaired) electrons. The standard InChI is InChI=1S/C16H19N3O5S2/c1-4-24-13(20)9-11-5-7-12(8-6-11)18-15(21)14-10(2)17-16(25-14)19-26(3,22)23/h5-8H,4,9H2,1-3H3,(H,17,19)(H,18,21). The van der Waals surface area contributed by atoms with E-state index >= 15 is 0 Å². The monoisotopic (exact) mass is 397 g/mol. The third kappa shape index (κ3) is 5.81. The number of sulfonamides is 1. The molecular weight excluding hydrogens is 378 g/mol. The number of aryl methyl sites for hydroxylation is 1. The fourth-order valence-electron chi connectivity index (χ4n) is 2.08. The average molecular weight is 397 g/mol. The van der Waals surface area contributed by atoms with Crippen LogP contribution >= 0.6 is 11.3 Å². The fourth-order valence-corrected chi connectivity index (χ4v) is 3.78. The first-order valence-electron chi connectivity index (χ1n) is 7.69. The van der Waals surface area contributed by atoms with Gasteiger partial charge >= 0.3 is 5.97 Å². The van der Waals surface area contributed by atoms with Gasteiger partial charge in [0.05, 0.1) is 25.0 Å². The highest BCUT2D eigenvalue weighted by Gasteiger charge is 2.17. The molecule has 2 aromatic rings. The maximum Gasteiger partial charge on any atom is 0.310 e. The quantitative estimate of drug-likeness (QED) is 0.692. The summed E-state index contributed by atoms with van der Waals surface area (Å²) in [5.41, 5.74) is 1.75. The topological polar surface area (TPSA) is 114 Å². The van der Waals surface area contributed by atoms with Gasteiger partial charge in [-0.25, -0.2) is 13.4 Å². The highest BCUT2D eigenvalue weighted by molar-refractivity contribution is 7.92. The number of nitrogens with one attached hydrogen (secondary N) is 2. The molecular formula is C16H19N3O5S2. The summed E-state index contributed by atoms with van der Waals surface area (Å²) in [5.74, 6) is -0.699. The number of amides is 1. The van der Waals surface area contributed by atoms with Crippen LogP contribution < -0.4 is 10.0 Å². The lowest BCUT2D eigenvalue weighted by molar-refractivity contribution is -0.142. The van der Waals surface area contributed by atoms with E-state index in [0.717, 1.165) is 23.2 Å². The second kappa shape index (κ2) is 8.28. The van der Waals surface area contributed by atoms with Crippen LogP contribution in [0.3, 0.4) is 0 Å². The summed E-state index contributed by atoms with van der Waals surface area (Å²) in [7, 11) is -3.46. The third-order valence-electron chi connectivity index (χ3n) is 3.14. The summed E-state index contributed by atoms with van der Waals surface area (Å²) in [6.07, 6.45) is 1.18. The van der Waals surface area contributed by atoms with E-state index in [0.29, 0.717) is 22.9 Å². The van der Waals surface area contributed by atoms with Gasteiger partial charge in [0, 0.05) is 5.69 Å². The molecule has 0 unspecified atom stereocenters. The zero-order valence-corrected chi connectivity index (χ0v) is 16.2. The second-order valence-corrected chi connectivity index (χ2v) is 8.19. The molecule has 0 bridgehead atoms. The van der Waals surface area contributed by atoms with Crippen molar-refractivity contribution in [3.8, 4) is 0 Å². The highest BCUT2D eigenvalue weighted by atomic mass is 32.2. The number of aromatic nitrogens is 1. The Morgan fingerprint density at radius 2 is 1.88 bits per heavy atom. The van der Waals surface area contributed by atoms with Crippen LogP contribution in [0.1, 0.15) is 27.9 Å². The lowest BCUT2D eigenvalue weighted by Gasteiger charge is -2.06. The summed E-state index contributed by atoms with van der Waals surface area (Å²) in [6.45, 7) is 3.70. The van der Waals surface area contributed by atoms with E-state index < -0.39 is 10.0 Å². The third-order valence-corrected chi connectivity index (χ3v) is 4.91. The van der Waals surface area contributed by atoms with Crippen molar-refractivity contribution in [3.05, 3.63) is 40.4 Å². The number of carbonyl (C=O) groups is 2. The van der Waals surface area contributed by atoms with Crippen LogP contribution in [0, 0.1) is 6.92 Å². The van der Waals surface area contributed by atoms with E-state index in [1.807, 2.05) is 0 Å². The number of carbonyl (C=O) groups excluding carboxylic acids is 2. The summed E-state index contributed by atoms with van der Waals surface area (Å²) in [6, 6.07) is 6.81. The van der Waals surface area contributed by atoms with Crippen molar-refractivity contribution in [2.75, 3.05) is 22.9 Å². The molecule has 2 rings (SSSR count). The number of ether oxygens (including phenoxy) is 1. The molecule has 0 aliphatic heterocycles. The van der Waals surface area contributed by atoms with E-state index in [4.69, 9.17) is 4.74 Å². The molecule has 2 N–H and O–H groups in total. The second-order valence-electron chi connectivity index (χ2n) is 5.44. The van der Waals surface area contributed by atoms with Crippen LogP contribution in [0.15, 0.2) is 24.3 Å². The molecule has 1 aromatic carbocycles. The van der Waals surface area contributed by atoms with Crippen molar-refractivity contribution >= 4 is 44.1 Å². The van der Waals surface area contributed by atoms with Gasteiger partial charge in [0.1, 0.15) is 4.88 Å². The maximum atomic E-state index is 12.4. The van der Waals surface area contributed by atoms with Crippen LogP contribution in [0.5, 0.6) is 0 Å². The van der Waals surface area contributed by atoms with Crippen LogP contribution in [0.4, 0.5) is 10.8 Å². The van der Waals surface area contributed by atoms with E-state index in [1.54, 1.807) is 38.1 Å². The van der Waals surface area contributed by atoms with Crippen molar-refractivity contribution in [2.45, 2.75) is 20.3 Å². The summed E-state index contributed by atoms with van der Waals surface area (Å²) < 4.78 is 29.6. The summed E-state index contributed by atoms with van der Waals surface area (Å²) >= 11 is 0.956. The van der Waals surface area contributed by atoms with Gasteiger partial charge in [-0.1, -0.05) is 23.5 Å².